The molecule has 1 fully saturated rings. The number of aromatic nitrogens is 1. The molecule has 1 saturated carbocycles. The van der Waals surface area contributed by atoms with Crippen molar-refractivity contribution in [2.75, 3.05) is 0 Å². The van der Waals surface area contributed by atoms with Crippen molar-refractivity contribution in [2.45, 2.75) is 44.6 Å². The van der Waals surface area contributed by atoms with E-state index in [2.05, 4.69) is 5.32 Å². The summed E-state index contributed by atoms with van der Waals surface area (Å²) in [6, 6.07) is 23.3. The topological polar surface area (TPSA) is 76.1 Å². The highest BCUT2D eigenvalue weighted by molar-refractivity contribution is 6.11. The van der Waals surface area contributed by atoms with E-state index in [1.807, 2.05) is 61.5 Å². The van der Waals surface area contributed by atoms with Crippen LogP contribution in [0.1, 0.15) is 61.4 Å². The van der Waals surface area contributed by atoms with Crippen LogP contribution in [0, 0.1) is 5.82 Å². The smallest absolute Gasteiger partial charge is 0.227 e. The average Bonchev–Trinajstić information content (AvgIpc) is 3.77. The number of carbonyl (C=O) groups is 3. The van der Waals surface area contributed by atoms with Crippen LogP contribution in [0.5, 0.6) is 0 Å². The summed E-state index contributed by atoms with van der Waals surface area (Å²) in [5, 5.41) is 3.71. The van der Waals surface area contributed by atoms with Gasteiger partial charge in [0.05, 0.1) is 30.1 Å². The van der Waals surface area contributed by atoms with E-state index in [0.717, 1.165) is 51.7 Å². The molecule has 5 rings (SSSR count). The zero-order valence-corrected chi connectivity index (χ0v) is 21.7. The van der Waals surface area contributed by atoms with Crippen molar-refractivity contribution in [1.82, 2.24) is 10.3 Å². The van der Waals surface area contributed by atoms with Gasteiger partial charge in [-0.2, -0.15) is 0 Å². The Morgan fingerprint density at radius 1 is 0.949 bits per heavy atom. The van der Waals surface area contributed by atoms with Gasteiger partial charge in [-0.05, 0) is 61.2 Å². The molecule has 1 aliphatic carbocycles. The van der Waals surface area contributed by atoms with Gasteiger partial charge in [0, 0.05) is 22.4 Å². The molecular weight excluding hydrogens is 491 g/mol. The number of benzene rings is 3. The second kappa shape index (κ2) is 11.5. The van der Waals surface area contributed by atoms with E-state index in [1.165, 1.54) is 18.2 Å². The summed E-state index contributed by atoms with van der Waals surface area (Å²) in [6.45, 7) is 1.85. The van der Waals surface area contributed by atoms with Crippen LogP contribution >= 0.6 is 0 Å². The van der Waals surface area contributed by atoms with Crippen molar-refractivity contribution >= 4 is 34.5 Å². The molecule has 0 aliphatic heterocycles. The summed E-state index contributed by atoms with van der Waals surface area (Å²) in [4.78, 5) is 42.6. The first-order valence-corrected chi connectivity index (χ1v) is 13.1. The summed E-state index contributed by atoms with van der Waals surface area (Å²) >= 11 is 0. The Balaban J connectivity index is 1.35. The molecule has 0 bridgehead atoms. The van der Waals surface area contributed by atoms with Crippen LogP contribution in [0.3, 0.4) is 0 Å². The van der Waals surface area contributed by atoms with Gasteiger partial charge in [-0.1, -0.05) is 60.7 Å². The van der Waals surface area contributed by atoms with Crippen LogP contribution in [0.2, 0.25) is 0 Å². The van der Waals surface area contributed by atoms with Gasteiger partial charge in [-0.25, -0.2) is 4.39 Å². The van der Waals surface area contributed by atoms with Crippen LogP contribution in [0.4, 0.5) is 4.39 Å². The lowest BCUT2D eigenvalue weighted by atomic mass is 9.92. The number of fused-ring (bicyclic) bond motifs is 1. The minimum Gasteiger partial charge on any atom is -0.349 e. The van der Waals surface area contributed by atoms with Gasteiger partial charge in [0.25, 0.3) is 0 Å². The zero-order chi connectivity index (χ0) is 27.4. The lowest BCUT2D eigenvalue weighted by Crippen LogP contribution is -2.28. The molecule has 1 amide bonds. The number of pyridine rings is 1. The number of halogens is 1. The molecule has 1 heterocycles. The maximum absolute atomic E-state index is 13.7. The van der Waals surface area contributed by atoms with Crippen molar-refractivity contribution < 1.29 is 18.8 Å². The summed E-state index contributed by atoms with van der Waals surface area (Å²) in [6.07, 6.45) is 4.42. The number of nitrogens with one attached hydrogen (secondary N) is 1. The molecule has 6 heteroatoms. The number of amides is 1. The number of para-hydroxylation sites is 1. The monoisotopic (exact) mass is 520 g/mol. The molecule has 39 heavy (non-hydrogen) atoms. The second-order valence-electron chi connectivity index (χ2n) is 9.98. The lowest BCUT2D eigenvalue weighted by Gasteiger charge is -2.15. The standard InChI is InChI=1S/C33H29FN2O3/c1-21(22-7-3-2-4-8-22)35-31(39)20-27(38)19-26(37)17-18-29-32(23-13-15-25(34)16-14-23)28-9-5-6-10-30(28)36-33(29)24-11-12-24/h2-10,13-18,21,24H,11-12,19-20H2,1H3,(H,35,39)/b18-17+. The molecule has 1 N–H and O–H groups in total. The van der Waals surface area contributed by atoms with Crippen molar-refractivity contribution in [2.24, 2.45) is 0 Å². The van der Waals surface area contributed by atoms with E-state index in [-0.39, 0.29) is 30.5 Å². The summed E-state index contributed by atoms with van der Waals surface area (Å²) in [7, 11) is 0. The third-order valence-electron chi connectivity index (χ3n) is 6.90. The molecule has 196 valence electrons. The first kappa shape index (κ1) is 26.2. The number of ketones is 2. The van der Waals surface area contributed by atoms with Crippen LogP contribution in [-0.4, -0.2) is 22.5 Å². The van der Waals surface area contributed by atoms with Gasteiger partial charge in [0.1, 0.15) is 11.6 Å². The van der Waals surface area contributed by atoms with Gasteiger partial charge >= 0.3 is 0 Å². The minimum atomic E-state index is -0.444. The summed E-state index contributed by atoms with van der Waals surface area (Å²) in [5.74, 6) is -1.28. The van der Waals surface area contributed by atoms with E-state index in [1.54, 1.807) is 18.2 Å². The van der Waals surface area contributed by atoms with E-state index in [4.69, 9.17) is 4.98 Å². The molecule has 1 aromatic heterocycles. The molecule has 1 unspecified atom stereocenters. The van der Waals surface area contributed by atoms with Crippen molar-refractivity contribution in [3.8, 4) is 11.1 Å². The number of allylic oxidation sites excluding steroid dienone is 1. The summed E-state index contributed by atoms with van der Waals surface area (Å²) < 4.78 is 13.7. The highest BCUT2D eigenvalue weighted by Crippen LogP contribution is 2.45. The predicted molar refractivity (Wildman–Crippen MR) is 150 cm³/mol. The van der Waals surface area contributed by atoms with Crippen LogP contribution < -0.4 is 5.32 Å². The zero-order valence-electron chi connectivity index (χ0n) is 21.7. The normalized spacial score (nSPS) is 13.9. The van der Waals surface area contributed by atoms with Crippen molar-refractivity contribution in [1.29, 1.82) is 0 Å². The molecule has 0 radical (unpaired) electrons. The maximum Gasteiger partial charge on any atom is 0.227 e. The molecule has 4 aromatic rings. The Morgan fingerprint density at radius 3 is 2.36 bits per heavy atom. The number of hydrogen-bond donors (Lipinski definition) is 1. The molecule has 0 saturated heterocycles. The molecule has 5 nitrogen and oxygen atoms in total. The van der Waals surface area contributed by atoms with Gasteiger partial charge < -0.3 is 5.32 Å². The first-order chi connectivity index (χ1) is 18.9. The Kier molecular flexibility index (Phi) is 7.73. The van der Waals surface area contributed by atoms with E-state index in [9.17, 15) is 18.8 Å². The third kappa shape index (κ3) is 6.34. The molecular formula is C33H29FN2O3. The molecule has 1 aliphatic rings. The van der Waals surface area contributed by atoms with Crippen LogP contribution in [0.15, 0.2) is 84.9 Å². The molecule has 3 aromatic carbocycles. The average molecular weight is 521 g/mol. The fourth-order valence-corrected chi connectivity index (χ4v) is 4.80. The number of hydrogen-bond acceptors (Lipinski definition) is 4. The van der Waals surface area contributed by atoms with E-state index in [0.29, 0.717) is 5.92 Å². The first-order valence-electron chi connectivity index (χ1n) is 13.1. The minimum absolute atomic E-state index is 0.242. The quantitative estimate of drug-likeness (QED) is 0.186. The maximum atomic E-state index is 13.7. The van der Waals surface area contributed by atoms with Gasteiger partial charge in [-0.15, -0.1) is 0 Å². The SMILES string of the molecule is CC(NC(=O)CC(=O)CC(=O)/C=C/c1c(C2CC2)nc2ccccc2c1-c1ccc(F)cc1)c1ccccc1. The van der Waals surface area contributed by atoms with Crippen molar-refractivity contribution in [3.63, 3.8) is 0 Å². The fraction of sp³-hybridized carbons (Fsp3) is 0.212. The number of nitrogens with zero attached hydrogens (tertiary/aromatic N) is 1. The second-order valence-corrected chi connectivity index (χ2v) is 9.98. The number of Topliss-reactive ketones (excluding diaryl/α,β-unsaturated/α-hetero) is 1. The van der Waals surface area contributed by atoms with Crippen molar-refractivity contribution in [3.05, 3.63) is 108 Å². The lowest BCUT2D eigenvalue weighted by molar-refractivity contribution is -0.130. The van der Waals surface area contributed by atoms with Gasteiger partial charge in [0.2, 0.25) is 5.91 Å². The Hall–Kier alpha value is -4.45. The highest BCUT2D eigenvalue weighted by atomic mass is 19.1. The number of carbonyl (C=O) groups excluding carboxylic acids is 3. The Morgan fingerprint density at radius 2 is 1.64 bits per heavy atom. The Bertz CT molecular complexity index is 1560. The van der Waals surface area contributed by atoms with Crippen LogP contribution in [-0.2, 0) is 14.4 Å². The summed E-state index contributed by atoms with van der Waals surface area (Å²) in [5.41, 5.74) is 5.19. The van der Waals surface area contributed by atoms with Gasteiger partial charge in [0.15, 0.2) is 5.78 Å². The van der Waals surface area contributed by atoms with Gasteiger partial charge in [-0.3, -0.25) is 19.4 Å². The largest absolute Gasteiger partial charge is 0.349 e. The predicted octanol–water partition coefficient (Wildman–Crippen LogP) is 6.73. The fourth-order valence-electron chi connectivity index (χ4n) is 4.80. The highest BCUT2D eigenvalue weighted by Gasteiger charge is 2.29. The van der Waals surface area contributed by atoms with Crippen LogP contribution in [0.25, 0.3) is 28.1 Å². The Labute approximate surface area is 226 Å². The number of rotatable bonds is 10. The molecule has 1 atom stereocenters. The molecule has 0 spiro atoms. The third-order valence-corrected chi connectivity index (χ3v) is 6.90. The van der Waals surface area contributed by atoms with E-state index >= 15 is 0 Å². The van der Waals surface area contributed by atoms with E-state index < -0.39 is 11.7 Å².